The molecule has 0 aliphatic rings. The Hall–Kier alpha value is -2.75. The van der Waals surface area contributed by atoms with Crippen LogP contribution in [-0.2, 0) is 6.54 Å². The van der Waals surface area contributed by atoms with Crippen molar-refractivity contribution in [3.8, 4) is 11.1 Å². The molecule has 0 saturated carbocycles. The predicted octanol–water partition coefficient (Wildman–Crippen LogP) is 5.76. The lowest BCUT2D eigenvalue weighted by Gasteiger charge is -2.14. The summed E-state index contributed by atoms with van der Waals surface area (Å²) in [5, 5.41) is 0. The number of nitrogens with zero attached hydrogens (tertiary/aromatic N) is 1. The van der Waals surface area contributed by atoms with E-state index in [4.69, 9.17) is 0 Å². The van der Waals surface area contributed by atoms with Gasteiger partial charge in [-0.25, -0.2) is 4.39 Å². The average Bonchev–Trinajstić information content (AvgIpc) is 2.69. The number of rotatable bonds is 7. The number of hydrogen-bond donors (Lipinski definition) is 0. The molecule has 0 aliphatic heterocycles. The quantitative estimate of drug-likeness (QED) is 0.374. The Morgan fingerprint density at radius 1 is 0.893 bits per heavy atom. The number of halogens is 2. The summed E-state index contributed by atoms with van der Waals surface area (Å²) in [6.45, 7) is 5.48. The first-order valence-corrected chi connectivity index (χ1v) is 8.86. The Morgan fingerprint density at radius 2 is 1.36 bits per heavy atom. The predicted molar refractivity (Wildman–Crippen MR) is 115 cm³/mol. The van der Waals surface area contributed by atoms with Crippen LogP contribution in [0.1, 0.15) is 21.5 Å². The van der Waals surface area contributed by atoms with Crippen molar-refractivity contribution in [2.75, 3.05) is 13.6 Å². The summed E-state index contributed by atoms with van der Waals surface area (Å²) in [5.74, 6) is -0.455. The van der Waals surface area contributed by atoms with E-state index >= 15 is 0 Å². The maximum Gasteiger partial charge on any atom is 0.193 e. The second-order valence-electron chi connectivity index (χ2n) is 6.60. The van der Waals surface area contributed by atoms with Crippen LogP contribution < -0.4 is 0 Å². The first-order valence-electron chi connectivity index (χ1n) is 8.86. The SMILES string of the molecule is C=CCN(C)Cc1ccc(-c2ccc(C(=O)c3ccc(F)cc3)cc2)cc1.Cl. The van der Waals surface area contributed by atoms with E-state index in [0.29, 0.717) is 11.1 Å². The van der Waals surface area contributed by atoms with Crippen LogP contribution in [0.5, 0.6) is 0 Å². The molecule has 0 atom stereocenters. The summed E-state index contributed by atoms with van der Waals surface area (Å²) in [7, 11) is 2.06. The number of carbonyl (C=O) groups is 1. The fourth-order valence-electron chi connectivity index (χ4n) is 2.98. The van der Waals surface area contributed by atoms with E-state index in [0.717, 1.165) is 24.2 Å². The summed E-state index contributed by atoms with van der Waals surface area (Å²) in [5.41, 5.74) is 4.47. The second-order valence-corrected chi connectivity index (χ2v) is 6.60. The Bertz CT molecular complexity index is 918. The fourth-order valence-corrected chi connectivity index (χ4v) is 2.98. The van der Waals surface area contributed by atoms with Crippen LogP contribution >= 0.6 is 12.4 Å². The zero-order valence-corrected chi connectivity index (χ0v) is 16.6. The van der Waals surface area contributed by atoms with Gasteiger partial charge in [0.2, 0.25) is 0 Å². The second kappa shape index (κ2) is 9.98. The van der Waals surface area contributed by atoms with E-state index in [-0.39, 0.29) is 24.0 Å². The smallest absolute Gasteiger partial charge is 0.193 e. The van der Waals surface area contributed by atoms with Crippen molar-refractivity contribution in [3.05, 3.63) is 108 Å². The summed E-state index contributed by atoms with van der Waals surface area (Å²) >= 11 is 0. The Morgan fingerprint density at radius 3 is 1.86 bits per heavy atom. The van der Waals surface area contributed by atoms with Gasteiger partial charge in [-0.15, -0.1) is 19.0 Å². The highest BCUT2D eigenvalue weighted by Crippen LogP contribution is 2.22. The average molecular weight is 396 g/mol. The van der Waals surface area contributed by atoms with Gasteiger partial charge < -0.3 is 0 Å². The minimum atomic E-state index is -0.346. The fraction of sp³-hybridized carbons (Fsp3) is 0.125. The molecule has 2 nitrogen and oxygen atoms in total. The third-order valence-corrected chi connectivity index (χ3v) is 4.43. The van der Waals surface area contributed by atoms with Gasteiger partial charge in [0.1, 0.15) is 5.82 Å². The number of hydrogen-bond acceptors (Lipinski definition) is 2. The first-order chi connectivity index (χ1) is 13.1. The Kier molecular flexibility index (Phi) is 7.68. The Balaban J connectivity index is 0.00000280. The maximum absolute atomic E-state index is 13.0. The molecule has 0 radical (unpaired) electrons. The van der Waals surface area contributed by atoms with Crippen LogP contribution in [-0.4, -0.2) is 24.3 Å². The van der Waals surface area contributed by atoms with E-state index < -0.39 is 0 Å². The van der Waals surface area contributed by atoms with E-state index in [1.807, 2.05) is 30.3 Å². The topological polar surface area (TPSA) is 20.3 Å². The summed E-state index contributed by atoms with van der Waals surface area (Å²) < 4.78 is 13.0. The molecule has 0 bridgehead atoms. The molecular weight excluding hydrogens is 373 g/mol. The van der Waals surface area contributed by atoms with Gasteiger partial charge in [-0.2, -0.15) is 0 Å². The highest BCUT2D eigenvalue weighted by Gasteiger charge is 2.09. The largest absolute Gasteiger partial charge is 0.298 e. The lowest BCUT2D eigenvalue weighted by Crippen LogP contribution is -2.17. The molecule has 3 aromatic rings. The van der Waals surface area contributed by atoms with Crippen molar-refractivity contribution >= 4 is 18.2 Å². The third-order valence-electron chi connectivity index (χ3n) is 4.43. The molecule has 0 spiro atoms. The molecule has 0 fully saturated rings. The Labute approximate surface area is 171 Å². The van der Waals surface area contributed by atoms with Crippen molar-refractivity contribution in [1.29, 1.82) is 0 Å². The number of benzene rings is 3. The molecule has 28 heavy (non-hydrogen) atoms. The van der Waals surface area contributed by atoms with E-state index in [2.05, 4.69) is 42.8 Å². The molecule has 0 saturated heterocycles. The number of carbonyl (C=O) groups excluding carboxylic acids is 1. The van der Waals surface area contributed by atoms with E-state index in [1.54, 1.807) is 0 Å². The maximum atomic E-state index is 13.0. The molecule has 0 N–H and O–H groups in total. The molecule has 0 unspecified atom stereocenters. The molecule has 0 aliphatic carbocycles. The van der Waals surface area contributed by atoms with Crippen molar-refractivity contribution < 1.29 is 9.18 Å². The lowest BCUT2D eigenvalue weighted by atomic mass is 9.99. The van der Waals surface area contributed by atoms with Crippen molar-refractivity contribution in [1.82, 2.24) is 4.90 Å². The lowest BCUT2D eigenvalue weighted by molar-refractivity contribution is 0.103. The zero-order valence-electron chi connectivity index (χ0n) is 15.8. The van der Waals surface area contributed by atoms with Gasteiger partial charge >= 0.3 is 0 Å². The summed E-state index contributed by atoms with van der Waals surface area (Å²) in [6, 6.07) is 21.5. The van der Waals surface area contributed by atoms with Crippen LogP contribution in [0.15, 0.2) is 85.5 Å². The normalized spacial score (nSPS) is 10.4. The van der Waals surface area contributed by atoms with Crippen LogP contribution in [0, 0.1) is 5.82 Å². The highest BCUT2D eigenvalue weighted by atomic mass is 35.5. The van der Waals surface area contributed by atoms with Gasteiger partial charge in [0.15, 0.2) is 5.78 Å². The summed E-state index contributed by atoms with van der Waals surface area (Å²) in [6.07, 6.45) is 1.89. The molecule has 0 amide bonds. The first kappa shape index (κ1) is 21.5. The molecule has 4 heteroatoms. The van der Waals surface area contributed by atoms with Gasteiger partial charge in [0.25, 0.3) is 0 Å². The number of likely N-dealkylation sites (N-methyl/N-ethyl adjacent to an activating group) is 1. The van der Waals surface area contributed by atoms with Crippen molar-refractivity contribution in [2.45, 2.75) is 6.54 Å². The molecule has 0 heterocycles. The van der Waals surface area contributed by atoms with Crippen LogP contribution in [0.3, 0.4) is 0 Å². The van der Waals surface area contributed by atoms with Crippen molar-refractivity contribution in [3.63, 3.8) is 0 Å². The van der Waals surface area contributed by atoms with Crippen LogP contribution in [0.25, 0.3) is 11.1 Å². The molecule has 3 aromatic carbocycles. The third kappa shape index (κ3) is 5.38. The monoisotopic (exact) mass is 395 g/mol. The minimum absolute atomic E-state index is 0. The summed E-state index contributed by atoms with van der Waals surface area (Å²) in [4.78, 5) is 14.7. The molecule has 3 rings (SSSR count). The van der Waals surface area contributed by atoms with Crippen LogP contribution in [0.4, 0.5) is 4.39 Å². The van der Waals surface area contributed by atoms with Gasteiger partial charge in [-0.05, 0) is 48.0 Å². The van der Waals surface area contributed by atoms with Gasteiger partial charge in [0, 0.05) is 24.2 Å². The molecular formula is C24H23ClFNO. The standard InChI is InChI=1S/C24H22FNO.ClH/c1-3-16-26(2)17-18-4-6-19(7-5-18)20-8-10-21(11-9-20)24(27)22-12-14-23(25)15-13-22;/h3-15H,1,16-17H2,2H3;1H. The van der Waals surface area contributed by atoms with Gasteiger partial charge in [-0.1, -0.05) is 54.6 Å². The highest BCUT2D eigenvalue weighted by molar-refractivity contribution is 6.09. The molecule has 144 valence electrons. The zero-order chi connectivity index (χ0) is 19.2. The van der Waals surface area contributed by atoms with Crippen molar-refractivity contribution in [2.24, 2.45) is 0 Å². The number of ketones is 1. The minimum Gasteiger partial charge on any atom is -0.298 e. The molecule has 0 aromatic heterocycles. The van der Waals surface area contributed by atoms with Gasteiger partial charge in [-0.3, -0.25) is 9.69 Å². The van der Waals surface area contributed by atoms with Gasteiger partial charge in [0.05, 0.1) is 0 Å². The van der Waals surface area contributed by atoms with E-state index in [1.165, 1.54) is 29.8 Å². The van der Waals surface area contributed by atoms with E-state index in [9.17, 15) is 9.18 Å². The van der Waals surface area contributed by atoms with Crippen LogP contribution in [0.2, 0.25) is 0 Å².